The minimum atomic E-state index is 0.737. The summed E-state index contributed by atoms with van der Waals surface area (Å²) in [6, 6.07) is 10.0. The average molecular weight is 176 g/mol. The Bertz CT molecular complexity index is 308. The Hall–Kier alpha value is -1.20. The van der Waals surface area contributed by atoms with Crippen molar-refractivity contribution in [3.05, 3.63) is 51.8 Å². The molecule has 0 aliphatic carbocycles. The Balaban J connectivity index is 2.72. The van der Waals surface area contributed by atoms with Crippen LogP contribution < -0.4 is 0 Å². The fourth-order valence-corrected chi connectivity index (χ4v) is 1.09. The van der Waals surface area contributed by atoms with Crippen LogP contribution in [0.1, 0.15) is 5.56 Å². The van der Waals surface area contributed by atoms with Crippen molar-refractivity contribution in [3.63, 3.8) is 0 Å². The van der Waals surface area contributed by atoms with E-state index in [1.54, 1.807) is 5.41 Å². The summed E-state index contributed by atoms with van der Waals surface area (Å²) >= 11 is 3.99. The summed E-state index contributed by atoms with van der Waals surface area (Å²) in [5, 5.41) is 1.62. The van der Waals surface area contributed by atoms with Gasteiger partial charge in [0, 0.05) is 0 Å². The van der Waals surface area contributed by atoms with Crippen molar-refractivity contribution >= 4 is 12.6 Å². The molecule has 0 atom stereocenters. The van der Waals surface area contributed by atoms with Gasteiger partial charge < -0.3 is 0 Å². The molecule has 2 heteroatoms. The smallest absolute Gasteiger partial charge is 0.144 e. The SMILES string of the molecule is C#[N+]/C(=C\S)Cc1ccccc1. The molecule has 1 nitrogen and oxygen atoms in total. The van der Waals surface area contributed by atoms with E-state index in [1.165, 1.54) is 5.56 Å². The van der Waals surface area contributed by atoms with Crippen LogP contribution >= 0.6 is 12.6 Å². The zero-order valence-corrected chi connectivity index (χ0v) is 7.54. The Kier molecular flexibility index (Phi) is 3.43. The van der Waals surface area contributed by atoms with Gasteiger partial charge in [-0.25, -0.2) is 0 Å². The molecule has 60 valence electrons. The summed E-state index contributed by atoms with van der Waals surface area (Å²) in [6.07, 6.45) is 0.737. The normalized spacial score (nSPS) is 10.8. The predicted octanol–water partition coefficient (Wildman–Crippen LogP) is 2.96. The first-order valence-electron chi connectivity index (χ1n) is 3.65. The number of nitrogens with zero attached hydrogens (tertiary/aromatic N) is 1. The van der Waals surface area contributed by atoms with Gasteiger partial charge in [-0.05, 0) is 10.4 Å². The largest absolute Gasteiger partial charge is 0.326 e. The van der Waals surface area contributed by atoms with Crippen LogP contribution in [0.5, 0.6) is 0 Å². The van der Waals surface area contributed by atoms with Gasteiger partial charge in [-0.3, -0.25) is 0 Å². The van der Waals surface area contributed by atoms with Crippen molar-refractivity contribution in [3.8, 4) is 6.57 Å². The molecule has 0 bridgehead atoms. The summed E-state index contributed by atoms with van der Waals surface area (Å²) in [5.74, 6) is 0. The van der Waals surface area contributed by atoms with Crippen molar-refractivity contribution in [1.29, 1.82) is 0 Å². The highest BCUT2D eigenvalue weighted by molar-refractivity contribution is 7.83. The van der Waals surface area contributed by atoms with Gasteiger partial charge >= 0.3 is 5.70 Å². The summed E-state index contributed by atoms with van der Waals surface area (Å²) < 4.78 is 0. The highest BCUT2D eigenvalue weighted by Gasteiger charge is 2.04. The maximum Gasteiger partial charge on any atom is 0.326 e. The van der Waals surface area contributed by atoms with Gasteiger partial charge in [0.1, 0.15) is 0 Å². The Morgan fingerprint density at radius 1 is 1.42 bits per heavy atom. The third kappa shape index (κ3) is 2.44. The van der Waals surface area contributed by atoms with Gasteiger partial charge in [-0.15, -0.1) is 12.6 Å². The van der Waals surface area contributed by atoms with Gasteiger partial charge in [-0.1, -0.05) is 30.3 Å². The molecule has 0 radical (unpaired) electrons. The van der Waals surface area contributed by atoms with Crippen LogP contribution in [0.4, 0.5) is 0 Å². The van der Waals surface area contributed by atoms with Crippen LogP contribution in [0.3, 0.4) is 0 Å². The highest BCUT2D eigenvalue weighted by Crippen LogP contribution is 2.09. The van der Waals surface area contributed by atoms with Gasteiger partial charge in [0.15, 0.2) is 0 Å². The van der Waals surface area contributed by atoms with Crippen LogP contribution in [0.2, 0.25) is 0 Å². The molecule has 1 aromatic rings. The number of hydrogen-bond acceptors (Lipinski definition) is 1. The molecule has 0 aromatic heterocycles. The van der Waals surface area contributed by atoms with Crippen LogP contribution in [0, 0.1) is 6.57 Å². The number of thiol groups is 1. The second-order valence-electron chi connectivity index (χ2n) is 2.41. The molecular weight excluding hydrogens is 166 g/mol. The lowest BCUT2D eigenvalue weighted by atomic mass is 10.1. The van der Waals surface area contributed by atoms with Crippen molar-refractivity contribution in [2.24, 2.45) is 0 Å². The Morgan fingerprint density at radius 3 is 2.58 bits per heavy atom. The molecule has 0 unspecified atom stereocenters. The number of hydrogen-bond donors (Lipinski definition) is 1. The van der Waals surface area contributed by atoms with E-state index in [0.717, 1.165) is 12.1 Å². The topological polar surface area (TPSA) is 4.36 Å². The molecule has 0 N–H and O–H groups in total. The molecule has 0 aliphatic heterocycles. The second kappa shape index (κ2) is 4.63. The van der Waals surface area contributed by atoms with Gasteiger partial charge in [0.05, 0.1) is 11.8 Å². The van der Waals surface area contributed by atoms with E-state index in [9.17, 15) is 0 Å². The third-order valence-electron chi connectivity index (χ3n) is 1.54. The van der Waals surface area contributed by atoms with Crippen LogP contribution in [-0.4, -0.2) is 0 Å². The summed E-state index contributed by atoms with van der Waals surface area (Å²) in [5.41, 5.74) is 1.97. The Morgan fingerprint density at radius 2 is 2.08 bits per heavy atom. The third-order valence-corrected chi connectivity index (χ3v) is 1.84. The van der Waals surface area contributed by atoms with Gasteiger partial charge in [-0.2, -0.15) is 0 Å². The first-order valence-corrected chi connectivity index (χ1v) is 4.16. The number of benzene rings is 1. The first kappa shape index (κ1) is 8.89. The van der Waals surface area contributed by atoms with Crippen molar-refractivity contribution < 1.29 is 0 Å². The predicted molar refractivity (Wildman–Crippen MR) is 55.5 cm³/mol. The van der Waals surface area contributed by atoms with Gasteiger partial charge in [0.25, 0.3) is 6.57 Å². The van der Waals surface area contributed by atoms with Crippen LogP contribution in [0.15, 0.2) is 41.4 Å². The minimum absolute atomic E-state index is 0.737. The second-order valence-corrected chi connectivity index (χ2v) is 2.67. The highest BCUT2D eigenvalue weighted by atomic mass is 32.1. The molecule has 0 spiro atoms. The molecule has 1 aromatic carbocycles. The van der Waals surface area contributed by atoms with E-state index in [0.29, 0.717) is 0 Å². The molecule has 0 amide bonds. The molecule has 0 heterocycles. The zero-order chi connectivity index (χ0) is 8.81. The van der Waals surface area contributed by atoms with Gasteiger partial charge in [0.2, 0.25) is 0 Å². The summed E-state index contributed by atoms with van der Waals surface area (Å²) in [6.45, 7) is 5.14. The number of rotatable bonds is 2. The molecule has 0 fully saturated rings. The Labute approximate surface area is 78.0 Å². The van der Waals surface area contributed by atoms with Crippen LogP contribution in [-0.2, 0) is 6.42 Å². The minimum Gasteiger partial charge on any atom is -0.144 e. The lowest BCUT2D eigenvalue weighted by molar-refractivity contribution is 1.20. The molecule has 1 rings (SSSR count). The lowest BCUT2D eigenvalue weighted by Crippen LogP contribution is -1.84. The van der Waals surface area contributed by atoms with Crippen LogP contribution in [0.25, 0.3) is 4.85 Å². The van der Waals surface area contributed by atoms with E-state index in [-0.39, 0.29) is 0 Å². The molecule has 0 saturated heterocycles. The quantitative estimate of drug-likeness (QED) is 0.661. The zero-order valence-electron chi connectivity index (χ0n) is 6.64. The average Bonchev–Trinajstić information content (AvgIpc) is 2.16. The fourth-order valence-electron chi connectivity index (χ4n) is 0.930. The standard InChI is InChI=1S/C10H9NS/c1-11-10(8-12)7-9-5-3-2-4-6-9/h1-6,8H,7H2/p+1/b10-8-. The molecule has 0 aliphatic rings. The maximum atomic E-state index is 5.14. The lowest BCUT2D eigenvalue weighted by Gasteiger charge is -1.91. The fraction of sp³-hybridized carbons (Fsp3) is 0.100. The number of allylic oxidation sites excluding steroid dienone is 1. The van der Waals surface area contributed by atoms with E-state index < -0.39 is 0 Å². The molecule has 0 saturated carbocycles. The van der Waals surface area contributed by atoms with Crippen molar-refractivity contribution in [1.82, 2.24) is 0 Å². The summed E-state index contributed by atoms with van der Waals surface area (Å²) in [4.78, 5) is 3.59. The van der Waals surface area contributed by atoms with E-state index >= 15 is 0 Å². The van der Waals surface area contributed by atoms with Crippen molar-refractivity contribution in [2.75, 3.05) is 0 Å². The molecular formula is C10H10NS+. The van der Waals surface area contributed by atoms with Crippen molar-refractivity contribution in [2.45, 2.75) is 6.42 Å². The maximum absolute atomic E-state index is 5.14. The van der Waals surface area contributed by atoms with E-state index in [4.69, 9.17) is 6.57 Å². The first-order chi connectivity index (χ1) is 5.86. The van der Waals surface area contributed by atoms with E-state index in [2.05, 4.69) is 17.5 Å². The monoisotopic (exact) mass is 176 g/mol. The molecule has 12 heavy (non-hydrogen) atoms. The summed E-state index contributed by atoms with van der Waals surface area (Å²) in [7, 11) is 0. The van der Waals surface area contributed by atoms with E-state index in [1.807, 2.05) is 30.3 Å².